The summed E-state index contributed by atoms with van der Waals surface area (Å²) in [7, 11) is -1.18. The number of aryl methyl sites for hydroxylation is 2. The van der Waals surface area contributed by atoms with Crippen LogP contribution in [-0.4, -0.2) is 62.2 Å². The lowest BCUT2D eigenvalue weighted by molar-refractivity contribution is -0.140. The van der Waals surface area contributed by atoms with Gasteiger partial charge < -0.3 is 10.2 Å². The number of amides is 2. The Bertz CT molecular complexity index is 1180. The highest BCUT2D eigenvalue weighted by Crippen LogP contribution is 2.26. The SMILES string of the molecule is CC[C@@H](C(=O)NC(C)C)N(Cc1ccccc1Cl)C(=O)CN(c1cc(C)ccc1C)S(=O)(=O)N(C)C. The van der Waals surface area contributed by atoms with Crippen molar-refractivity contribution in [3.05, 3.63) is 64.2 Å². The van der Waals surface area contributed by atoms with Crippen molar-refractivity contribution < 1.29 is 18.0 Å². The first-order valence-corrected chi connectivity index (χ1v) is 13.7. The number of nitrogens with zero attached hydrogens (tertiary/aromatic N) is 3. The van der Waals surface area contributed by atoms with Crippen molar-refractivity contribution in [2.45, 2.75) is 59.7 Å². The van der Waals surface area contributed by atoms with E-state index in [1.807, 2.05) is 39.8 Å². The molecule has 0 unspecified atom stereocenters. The van der Waals surface area contributed by atoms with Gasteiger partial charge in [0, 0.05) is 31.7 Å². The largest absolute Gasteiger partial charge is 0.352 e. The number of hydrogen-bond acceptors (Lipinski definition) is 4. The molecule has 0 aliphatic rings. The molecular formula is C26H37ClN4O4S. The van der Waals surface area contributed by atoms with Crippen LogP contribution in [0.15, 0.2) is 42.5 Å². The summed E-state index contributed by atoms with van der Waals surface area (Å²) < 4.78 is 28.9. The maximum Gasteiger partial charge on any atom is 0.304 e. The van der Waals surface area contributed by atoms with Gasteiger partial charge in [-0.2, -0.15) is 12.7 Å². The minimum atomic E-state index is -4.02. The molecule has 2 aromatic rings. The summed E-state index contributed by atoms with van der Waals surface area (Å²) >= 11 is 6.39. The Kier molecular flexibility index (Phi) is 10.3. The van der Waals surface area contributed by atoms with Gasteiger partial charge in [-0.3, -0.25) is 9.59 Å². The standard InChI is InChI=1S/C26H37ClN4O4S/c1-8-23(26(33)28-18(2)3)30(16-21-11-9-10-12-22(21)27)25(32)17-31(36(34,35)29(6)7)24-15-19(4)13-14-20(24)5/h9-15,18,23H,8,16-17H2,1-7H3,(H,28,33)/t23-/m0/s1. The fraction of sp³-hybridized carbons (Fsp3) is 0.462. The summed E-state index contributed by atoms with van der Waals surface area (Å²) in [5.41, 5.74) is 2.64. The van der Waals surface area contributed by atoms with E-state index in [4.69, 9.17) is 11.6 Å². The Morgan fingerprint density at radius 3 is 2.25 bits per heavy atom. The molecule has 0 spiro atoms. The number of halogens is 1. The second-order valence-electron chi connectivity index (χ2n) is 9.29. The summed E-state index contributed by atoms with van der Waals surface area (Å²) in [6, 6.07) is 11.6. The van der Waals surface area contributed by atoms with Crippen molar-refractivity contribution in [1.29, 1.82) is 0 Å². The molecule has 2 amide bonds. The van der Waals surface area contributed by atoms with Crippen molar-refractivity contribution in [1.82, 2.24) is 14.5 Å². The molecule has 36 heavy (non-hydrogen) atoms. The molecule has 0 heterocycles. The Hall–Kier alpha value is -2.62. The van der Waals surface area contributed by atoms with Crippen LogP contribution in [0.1, 0.15) is 43.9 Å². The molecule has 10 heteroatoms. The average Bonchev–Trinajstić information content (AvgIpc) is 2.79. The van der Waals surface area contributed by atoms with Crippen LogP contribution < -0.4 is 9.62 Å². The second-order valence-corrected chi connectivity index (χ2v) is 11.8. The van der Waals surface area contributed by atoms with Crippen molar-refractivity contribution in [2.24, 2.45) is 0 Å². The van der Waals surface area contributed by atoms with Crippen molar-refractivity contribution >= 4 is 39.3 Å². The second kappa shape index (κ2) is 12.6. The van der Waals surface area contributed by atoms with Gasteiger partial charge in [0.25, 0.3) is 0 Å². The molecule has 1 atom stereocenters. The monoisotopic (exact) mass is 536 g/mol. The quantitative estimate of drug-likeness (QED) is 0.471. The molecule has 0 aliphatic heterocycles. The van der Waals surface area contributed by atoms with E-state index in [1.54, 1.807) is 37.3 Å². The maximum atomic E-state index is 13.9. The number of carbonyl (C=O) groups is 2. The van der Waals surface area contributed by atoms with Gasteiger partial charge in [-0.1, -0.05) is 48.9 Å². The van der Waals surface area contributed by atoms with Crippen LogP contribution in [0.5, 0.6) is 0 Å². The molecule has 198 valence electrons. The zero-order valence-corrected chi connectivity index (χ0v) is 23.7. The lowest BCUT2D eigenvalue weighted by atomic mass is 10.1. The summed E-state index contributed by atoms with van der Waals surface area (Å²) in [5.74, 6) is -0.811. The third-order valence-corrected chi connectivity index (χ3v) is 7.94. The number of anilines is 1. The summed E-state index contributed by atoms with van der Waals surface area (Å²) in [6.45, 7) is 8.75. The van der Waals surface area contributed by atoms with Gasteiger partial charge in [-0.25, -0.2) is 4.31 Å². The van der Waals surface area contributed by atoms with Crippen LogP contribution in [0.3, 0.4) is 0 Å². The first-order chi connectivity index (χ1) is 16.8. The predicted octanol–water partition coefficient (Wildman–Crippen LogP) is 3.90. The van der Waals surface area contributed by atoms with Gasteiger partial charge in [0.15, 0.2) is 0 Å². The number of hydrogen-bond donors (Lipinski definition) is 1. The number of nitrogens with one attached hydrogen (secondary N) is 1. The number of rotatable bonds is 11. The van der Waals surface area contributed by atoms with Crippen LogP contribution in [0, 0.1) is 13.8 Å². The van der Waals surface area contributed by atoms with Crippen LogP contribution in [0.25, 0.3) is 0 Å². The van der Waals surface area contributed by atoms with Crippen molar-refractivity contribution in [2.75, 3.05) is 24.9 Å². The summed E-state index contributed by atoms with van der Waals surface area (Å²) in [4.78, 5) is 28.4. The lowest BCUT2D eigenvalue weighted by Crippen LogP contribution is -2.54. The van der Waals surface area contributed by atoms with Gasteiger partial charge >= 0.3 is 10.2 Å². The Morgan fingerprint density at radius 2 is 1.69 bits per heavy atom. The molecule has 2 aromatic carbocycles. The molecule has 1 N–H and O–H groups in total. The van der Waals surface area contributed by atoms with Crippen molar-refractivity contribution in [3.8, 4) is 0 Å². The van der Waals surface area contributed by atoms with Gasteiger partial charge in [-0.05, 0) is 62.9 Å². The highest BCUT2D eigenvalue weighted by molar-refractivity contribution is 7.90. The van der Waals surface area contributed by atoms with Crippen LogP contribution in [-0.2, 0) is 26.3 Å². The smallest absolute Gasteiger partial charge is 0.304 e. The topological polar surface area (TPSA) is 90.0 Å². The molecule has 2 rings (SSSR count). The fourth-order valence-electron chi connectivity index (χ4n) is 3.80. The minimum absolute atomic E-state index is 0.0607. The molecular weight excluding hydrogens is 500 g/mol. The molecule has 0 fully saturated rings. The van der Waals surface area contributed by atoms with E-state index in [2.05, 4.69) is 5.32 Å². The zero-order valence-electron chi connectivity index (χ0n) is 22.1. The fourth-order valence-corrected chi connectivity index (χ4v) is 5.11. The van der Waals surface area contributed by atoms with Crippen LogP contribution in [0.2, 0.25) is 5.02 Å². The Labute approximate surface area is 220 Å². The molecule has 8 nitrogen and oxygen atoms in total. The van der Waals surface area contributed by atoms with E-state index >= 15 is 0 Å². The van der Waals surface area contributed by atoms with E-state index < -0.39 is 28.7 Å². The van der Waals surface area contributed by atoms with E-state index in [0.29, 0.717) is 28.3 Å². The normalized spacial score (nSPS) is 12.5. The molecule has 0 aromatic heterocycles. The van der Waals surface area contributed by atoms with E-state index in [1.165, 1.54) is 19.0 Å². The van der Waals surface area contributed by atoms with E-state index in [-0.39, 0.29) is 18.5 Å². The third kappa shape index (κ3) is 7.21. The Balaban J connectivity index is 2.58. The zero-order chi connectivity index (χ0) is 27.2. The van der Waals surface area contributed by atoms with Gasteiger partial charge in [-0.15, -0.1) is 0 Å². The minimum Gasteiger partial charge on any atom is -0.352 e. The molecule has 0 saturated carbocycles. The average molecular weight is 537 g/mol. The molecule has 0 bridgehead atoms. The van der Waals surface area contributed by atoms with Gasteiger partial charge in [0.2, 0.25) is 11.8 Å². The summed E-state index contributed by atoms with van der Waals surface area (Å²) in [5, 5.41) is 3.33. The van der Waals surface area contributed by atoms with Gasteiger partial charge in [0.05, 0.1) is 5.69 Å². The lowest BCUT2D eigenvalue weighted by Gasteiger charge is -2.34. The van der Waals surface area contributed by atoms with Crippen molar-refractivity contribution in [3.63, 3.8) is 0 Å². The molecule has 0 radical (unpaired) electrons. The number of benzene rings is 2. The number of carbonyl (C=O) groups excluding carboxylic acids is 2. The first-order valence-electron chi connectivity index (χ1n) is 11.9. The first kappa shape index (κ1) is 29.6. The highest BCUT2D eigenvalue weighted by atomic mass is 35.5. The molecule has 0 saturated heterocycles. The highest BCUT2D eigenvalue weighted by Gasteiger charge is 2.34. The Morgan fingerprint density at radius 1 is 1.06 bits per heavy atom. The summed E-state index contributed by atoms with van der Waals surface area (Å²) in [6.07, 6.45) is 0.346. The molecule has 0 aliphatic carbocycles. The maximum absolute atomic E-state index is 13.9. The van der Waals surface area contributed by atoms with E-state index in [0.717, 1.165) is 14.2 Å². The third-order valence-electron chi connectivity index (χ3n) is 5.77. The van der Waals surface area contributed by atoms with Gasteiger partial charge in [0.1, 0.15) is 12.6 Å². The predicted molar refractivity (Wildman–Crippen MR) is 145 cm³/mol. The van der Waals surface area contributed by atoms with E-state index in [9.17, 15) is 18.0 Å². The van der Waals surface area contributed by atoms with Crippen LogP contribution in [0.4, 0.5) is 5.69 Å². The van der Waals surface area contributed by atoms with Crippen LogP contribution >= 0.6 is 11.6 Å².